The van der Waals surface area contributed by atoms with E-state index in [1.807, 2.05) is 30.0 Å². The van der Waals surface area contributed by atoms with Gasteiger partial charge in [-0.1, -0.05) is 34.2 Å². The summed E-state index contributed by atoms with van der Waals surface area (Å²) in [6.45, 7) is 2.67. The molecule has 0 aliphatic carbocycles. The van der Waals surface area contributed by atoms with Crippen LogP contribution in [-0.2, 0) is 11.3 Å². The first-order valence-electron chi connectivity index (χ1n) is 8.29. The average molecular weight is 470 g/mol. The van der Waals surface area contributed by atoms with Crippen molar-refractivity contribution in [2.75, 3.05) is 11.5 Å². The van der Waals surface area contributed by atoms with Gasteiger partial charge < -0.3 is 14.7 Å². The van der Waals surface area contributed by atoms with Crippen LogP contribution in [0.3, 0.4) is 0 Å². The minimum absolute atomic E-state index is 0.0961. The van der Waals surface area contributed by atoms with Crippen molar-refractivity contribution in [1.82, 2.24) is 0 Å². The second kappa shape index (κ2) is 8.58. The highest BCUT2D eigenvalue weighted by atomic mass is 79.9. The normalized spacial score (nSPS) is 16.2. The number of ether oxygens (including phenoxy) is 1. The molecular formula is C19H17BrFNO3S2. The molecule has 1 aliphatic heterocycles. The molecule has 2 aromatic rings. The molecule has 0 aromatic heterocycles. The van der Waals surface area contributed by atoms with Gasteiger partial charge in [0.25, 0.3) is 0 Å². The molecule has 1 atom stereocenters. The zero-order valence-electron chi connectivity index (χ0n) is 14.4. The first-order chi connectivity index (χ1) is 12.9. The number of rotatable bonds is 6. The third kappa shape index (κ3) is 4.62. The van der Waals surface area contributed by atoms with Crippen molar-refractivity contribution in [3.8, 4) is 5.75 Å². The fourth-order valence-electron chi connectivity index (χ4n) is 2.84. The smallest absolute Gasteiger partial charge is 0.304 e. The molecule has 142 valence electrons. The van der Waals surface area contributed by atoms with Crippen molar-refractivity contribution in [1.29, 1.82) is 0 Å². The summed E-state index contributed by atoms with van der Waals surface area (Å²) < 4.78 is 20.6. The van der Waals surface area contributed by atoms with Crippen LogP contribution in [0.1, 0.15) is 18.9 Å². The third-order valence-corrected chi connectivity index (χ3v) is 6.45. The van der Waals surface area contributed by atoms with Crippen LogP contribution in [0.15, 0.2) is 45.8 Å². The molecule has 0 saturated carbocycles. The molecule has 2 aromatic carbocycles. The molecule has 1 aliphatic rings. The predicted molar refractivity (Wildman–Crippen MR) is 112 cm³/mol. The molecule has 3 rings (SSSR count). The van der Waals surface area contributed by atoms with Gasteiger partial charge in [-0.25, -0.2) is 4.39 Å². The van der Waals surface area contributed by atoms with Crippen LogP contribution in [0.2, 0.25) is 0 Å². The summed E-state index contributed by atoms with van der Waals surface area (Å²) in [5, 5.41) is 8.84. The number of hydrogen-bond donors (Lipinski definition) is 1. The number of benzene rings is 2. The van der Waals surface area contributed by atoms with Gasteiger partial charge in [0.05, 0.1) is 35.5 Å². The third-order valence-electron chi connectivity index (χ3n) is 4.05. The quantitative estimate of drug-likeness (QED) is 0.581. The van der Waals surface area contributed by atoms with Crippen LogP contribution < -0.4 is 9.64 Å². The summed E-state index contributed by atoms with van der Waals surface area (Å²) >= 11 is 10.2. The maximum atomic E-state index is 14.4. The van der Waals surface area contributed by atoms with Crippen LogP contribution in [0.4, 0.5) is 10.1 Å². The van der Waals surface area contributed by atoms with E-state index >= 15 is 0 Å². The molecule has 0 amide bonds. The Bertz CT molecular complexity index is 893. The molecule has 0 bridgehead atoms. The van der Waals surface area contributed by atoms with E-state index < -0.39 is 11.2 Å². The van der Waals surface area contributed by atoms with E-state index in [1.54, 1.807) is 12.1 Å². The summed E-state index contributed by atoms with van der Waals surface area (Å²) in [5.41, 5.74) is 1.32. The number of nitrogens with zero attached hydrogens (tertiary/aromatic N) is 1. The van der Waals surface area contributed by atoms with Crippen molar-refractivity contribution in [3.63, 3.8) is 0 Å². The highest BCUT2D eigenvalue weighted by molar-refractivity contribution is 9.10. The van der Waals surface area contributed by atoms with Gasteiger partial charge in [-0.2, -0.15) is 0 Å². The Labute approximate surface area is 174 Å². The molecule has 0 radical (unpaired) electrons. The lowest BCUT2D eigenvalue weighted by Crippen LogP contribution is -2.40. The van der Waals surface area contributed by atoms with E-state index in [4.69, 9.17) is 17.0 Å². The van der Waals surface area contributed by atoms with Crippen molar-refractivity contribution in [2.24, 2.45) is 0 Å². The molecule has 4 nitrogen and oxygen atoms in total. The molecule has 0 spiro atoms. The monoisotopic (exact) mass is 469 g/mol. The first-order valence-corrected chi connectivity index (χ1v) is 10.4. The van der Waals surface area contributed by atoms with Crippen molar-refractivity contribution >= 4 is 56.6 Å². The van der Waals surface area contributed by atoms with Crippen molar-refractivity contribution in [3.05, 3.63) is 52.3 Å². The standard InChI is InChI=1S/C19H17BrFNO3S2/c1-2-25-13-5-6-15-16(8-13)27-17(9-18(23)24)19(26)22(15)10-11-3-4-12(20)7-14(11)21/h3-8,17H,2,9-10H2,1H3,(H,23,24). The number of halogens is 2. The Morgan fingerprint density at radius 1 is 1.37 bits per heavy atom. The second-order valence-corrected chi connectivity index (χ2v) is 8.51. The van der Waals surface area contributed by atoms with Crippen molar-refractivity contribution in [2.45, 2.75) is 30.0 Å². The van der Waals surface area contributed by atoms with E-state index in [-0.39, 0.29) is 18.8 Å². The Balaban J connectivity index is 1.99. The largest absolute Gasteiger partial charge is 0.494 e. The van der Waals surface area contributed by atoms with Crippen LogP contribution in [0.25, 0.3) is 0 Å². The molecule has 0 saturated heterocycles. The number of fused-ring (bicyclic) bond motifs is 1. The minimum atomic E-state index is -0.922. The number of carbonyl (C=O) groups is 1. The maximum Gasteiger partial charge on any atom is 0.304 e. The lowest BCUT2D eigenvalue weighted by molar-refractivity contribution is -0.136. The average Bonchev–Trinajstić information content (AvgIpc) is 2.60. The van der Waals surface area contributed by atoms with Gasteiger partial charge in [-0.05, 0) is 37.3 Å². The lowest BCUT2D eigenvalue weighted by Gasteiger charge is -2.36. The fourth-order valence-corrected chi connectivity index (χ4v) is 4.80. The molecule has 1 N–H and O–H groups in total. The van der Waals surface area contributed by atoms with Gasteiger partial charge in [0.1, 0.15) is 11.6 Å². The van der Waals surface area contributed by atoms with E-state index in [2.05, 4.69) is 15.9 Å². The Morgan fingerprint density at radius 3 is 2.81 bits per heavy atom. The maximum absolute atomic E-state index is 14.4. The number of carboxylic acids is 1. The molecule has 8 heteroatoms. The molecule has 0 fully saturated rings. The lowest BCUT2D eigenvalue weighted by atomic mass is 10.1. The summed E-state index contributed by atoms with van der Waals surface area (Å²) in [7, 11) is 0. The van der Waals surface area contributed by atoms with Crippen LogP contribution >= 0.6 is 39.9 Å². The van der Waals surface area contributed by atoms with E-state index in [1.165, 1.54) is 17.8 Å². The van der Waals surface area contributed by atoms with Crippen LogP contribution in [-0.4, -0.2) is 27.9 Å². The van der Waals surface area contributed by atoms with Gasteiger partial charge in [-0.3, -0.25) is 4.79 Å². The van der Waals surface area contributed by atoms with Gasteiger partial charge in [0.15, 0.2) is 0 Å². The van der Waals surface area contributed by atoms with Crippen molar-refractivity contribution < 1.29 is 19.0 Å². The molecule has 27 heavy (non-hydrogen) atoms. The van der Waals surface area contributed by atoms with Gasteiger partial charge in [0, 0.05) is 14.9 Å². The highest BCUT2D eigenvalue weighted by Gasteiger charge is 2.32. The second-order valence-electron chi connectivity index (χ2n) is 5.93. The Morgan fingerprint density at radius 2 is 2.15 bits per heavy atom. The molecule has 1 heterocycles. The van der Waals surface area contributed by atoms with E-state index in [0.717, 1.165) is 10.6 Å². The Hall–Kier alpha value is -1.64. The minimum Gasteiger partial charge on any atom is -0.494 e. The highest BCUT2D eigenvalue weighted by Crippen LogP contribution is 2.43. The summed E-state index contributed by atoms with van der Waals surface area (Å²) in [6.07, 6.45) is -0.0961. The zero-order valence-corrected chi connectivity index (χ0v) is 17.7. The first kappa shape index (κ1) is 20.1. The van der Waals surface area contributed by atoms with Gasteiger partial charge in [0.2, 0.25) is 0 Å². The van der Waals surface area contributed by atoms with Gasteiger partial charge >= 0.3 is 5.97 Å². The van der Waals surface area contributed by atoms with Gasteiger partial charge in [-0.15, -0.1) is 11.8 Å². The van der Waals surface area contributed by atoms with E-state index in [0.29, 0.717) is 27.4 Å². The molecule has 1 unspecified atom stereocenters. The predicted octanol–water partition coefficient (Wildman–Crippen LogP) is 5.27. The van der Waals surface area contributed by atoms with Crippen LogP contribution in [0, 0.1) is 5.82 Å². The summed E-state index contributed by atoms with van der Waals surface area (Å²) in [5.74, 6) is -0.554. The zero-order chi connectivity index (χ0) is 19.6. The number of aliphatic carboxylic acids is 1. The molecular weight excluding hydrogens is 453 g/mol. The SMILES string of the molecule is CCOc1ccc2c(c1)SC(CC(=O)O)C(=S)N2Cc1ccc(Br)cc1F. The van der Waals surface area contributed by atoms with Crippen LogP contribution in [0.5, 0.6) is 5.75 Å². The Kier molecular flexibility index (Phi) is 6.39. The fraction of sp³-hybridized carbons (Fsp3) is 0.263. The number of hydrogen-bond acceptors (Lipinski definition) is 4. The number of thiocarbonyl (C=S) groups is 1. The number of carboxylic acid groups (broad SMARTS) is 1. The number of thioether (sulfide) groups is 1. The summed E-state index contributed by atoms with van der Waals surface area (Å²) in [4.78, 5) is 14.4. The topological polar surface area (TPSA) is 49.8 Å². The summed E-state index contributed by atoms with van der Waals surface area (Å²) in [6, 6.07) is 10.5. The number of anilines is 1. The van der Waals surface area contributed by atoms with E-state index in [9.17, 15) is 14.3 Å².